The predicted octanol–water partition coefficient (Wildman–Crippen LogP) is 11.8. The van der Waals surface area contributed by atoms with Gasteiger partial charge in [-0.2, -0.15) is 0 Å². The third-order valence-electron chi connectivity index (χ3n) is 12.1. The number of carbonyl (C=O) groups is 1. The van der Waals surface area contributed by atoms with E-state index in [0.29, 0.717) is 6.42 Å². The molecule has 6 N–H and O–H groups in total. The molecule has 7 unspecified atom stereocenters. The molecule has 1 aliphatic heterocycles. The molecule has 9 heteroatoms. The maximum atomic E-state index is 12.9. The standard InChI is InChI=1S/C53H97NO8/c1-3-5-7-9-11-13-15-16-17-18-19-20-21-22-23-24-25-26-27-28-29-30-31-33-34-36-38-40-42-47(56)46(45-61-53-52(60)51(59)50(58)48(44-55)62-53)54-49(57)43-41-39-37-35-32-14-12-10-8-6-4-2/h10,12,28-29,33-34,40,42,46-48,50-53,55-56,58-60H,3-9,11,13-27,30-32,35-39,41,43-45H2,1-2H3,(H,54,57)/b12-10-,29-28+,34-33+,42-40+. The van der Waals surface area contributed by atoms with Crippen LogP contribution in [-0.2, 0) is 14.3 Å². The number of allylic oxidation sites excluding steroid dienone is 7. The van der Waals surface area contributed by atoms with E-state index in [1.807, 2.05) is 6.08 Å². The van der Waals surface area contributed by atoms with Crippen LogP contribution in [0, 0.1) is 0 Å². The van der Waals surface area contributed by atoms with Crippen molar-refractivity contribution in [3.63, 3.8) is 0 Å². The predicted molar refractivity (Wildman–Crippen MR) is 258 cm³/mol. The number of nitrogens with one attached hydrogen (secondary N) is 1. The monoisotopic (exact) mass is 876 g/mol. The van der Waals surface area contributed by atoms with Gasteiger partial charge in [0.1, 0.15) is 24.4 Å². The third kappa shape index (κ3) is 32.8. The molecule has 1 saturated heterocycles. The van der Waals surface area contributed by atoms with Gasteiger partial charge in [0.25, 0.3) is 0 Å². The molecular formula is C53H97NO8. The Morgan fingerprint density at radius 3 is 1.40 bits per heavy atom. The van der Waals surface area contributed by atoms with Gasteiger partial charge in [-0.05, 0) is 64.2 Å². The van der Waals surface area contributed by atoms with Gasteiger partial charge in [0, 0.05) is 6.42 Å². The van der Waals surface area contributed by atoms with E-state index in [-0.39, 0.29) is 12.5 Å². The summed E-state index contributed by atoms with van der Waals surface area (Å²) < 4.78 is 11.2. The van der Waals surface area contributed by atoms with Crippen molar-refractivity contribution >= 4 is 5.91 Å². The van der Waals surface area contributed by atoms with Gasteiger partial charge in [-0.25, -0.2) is 0 Å². The lowest BCUT2D eigenvalue weighted by Crippen LogP contribution is -2.60. The van der Waals surface area contributed by atoms with Crippen LogP contribution in [-0.4, -0.2) is 87.5 Å². The number of hydrogen-bond acceptors (Lipinski definition) is 8. The first kappa shape index (κ1) is 58.2. The van der Waals surface area contributed by atoms with Crippen molar-refractivity contribution in [3.05, 3.63) is 48.6 Å². The number of aliphatic hydroxyl groups is 5. The number of amides is 1. The Kier molecular flexibility index (Phi) is 40.4. The lowest BCUT2D eigenvalue weighted by Gasteiger charge is -2.40. The molecule has 362 valence electrons. The van der Waals surface area contributed by atoms with Gasteiger partial charge >= 0.3 is 0 Å². The molecule has 0 aromatic rings. The SMILES string of the molecule is CCCC/C=C\CCCCCCCC(=O)NC(COC1OC(CO)C(O)C(O)C1O)C(O)/C=C/CC/C=C/CC/C=C/CCCCCCCCCCCCCCCCCCCC. The molecule has 0 radical (unpaired) electrons. The van der Waals surface area contributed by atoms with E-state index in [2.05, 4.69) is 55.6 Å². The van der Waals surface area contributed by atoms with Crippen molar-refractivity contribution < 1.29 is 39.8 Å². The average Bonchev–Trinajstić information content (AvgIpc) is 3.27. The van der Waals surface area contributed by atoms with Crippen LogP contribution in [0.5, 0.6) is 0 Å². The van der Waals surface area contributed by atoms with Gasteiger partial charge in [0.15, 0.2) is 6.29 Å². The normalized spacial score (nSPS) is 20.7. The first-order valence-corrected chi connectivity index (χ1v) is 25.9. The van der Waals surface area contributed by atoms with Gasteiger partial charge < -0.3 is 40.3 Å². The maximum Gasteiger partial charge on any atom is 0.220 e. The molecule has 0 bridgehead atoms. The molecule has 1 aliphatic rings. The molecule has 62 heavy (non-hydrogen) atoms. The second kappa shape index (κ2) is 43.1. The minimum atomic E-state index is -1.58. The molecule has 1 amide bonds. The summed E-state index contributed by atoms with van der Waals surface area (Å²) in [5.74, 6) is -0.203. The summed E-state index contributed by atoms with van der Waals surface area (Å²) in [4.78, 5) is 12.9. The first-order valence-electron chi connectivity index (χ1n) is 25.9. The Balaban J connectivity index is 2.25. The van der Waals surface area contributed by atoms with Crippen molar-refractivity contribution in [2.75, 3.05) is 13.2 Å². The number of unbranched alkanes of at least 4 members (excludes halogenated alkanes) is 27. The second-order valence-electron chi connectivity index (χ2n) is 17.9. The Labute approximate surface area is 380 Å². The Morgan fingerprint density at radius 2 is 0.935 bits per heavy atom. The first-order chi connectivity index (χ1) is 30.3. The fourth-order valence-electron chi connectivity index (χ4n) is 7.93. The number of hydrogen-bond donors (Lipinski definition) is 6. The van der Waals surface area contributed by atoms with Gasteiger partial charge in [-0.3, -0.25) is 4.79 Å². The van der Waals surface area contributed by atoms with Crippen LogP contribution in [0.15, 0.2) is 48.6 Å². The molecule has 1 heterocycles. The van der Waals surface area contributed by atoms with E-state index in [0.717, 1.165) is 70.6 Å². The maximum absolute atomic E-state index is 12.9. The summed E-state index contributed by atoms with van der Waals surface area (Å²) >= 11 is 0. The van der Waals surface area contributed by atoms with Crippen LogP contribution >= 0.6 is 0 Å². The van der Waals surface area contributed by atoms with E-state index in [1.165, 1.54) is 135 Å². The molecule has 0 aromatic heterocycles. The van der Waals surface area contributed by atoms with Crippen molar-refractivity contribution in [2.24, 2.45) is 0 Å². The summed E-state index contributed by atoms with van der Waals surface area (Å²) in [6, 6.07) is -0.832. The highest BCUT2D eigenvalue weighted by Gasteiger charge is 2.44. The van der Waals surface area contributed by atoms with Crippen LogP contribution < -0.4 is 5.32 Å². The van der Waals surface area contributed by atoms with Crippen molar-refractivity contribution in [3.8, 4) is 0 Å². The quantitative estimate of drug-likeness (QED) is 0.0262. The number of ether oxygens (including phenoxy) is 2. The summed E-state index contributed by atoms with van der Waals surface area (Å²) in [5, 5.41) is 54.2. The zero-order valence-corrected chi connectivity index (χ0v) is 39.9. The smallest absolute Gasteiger partial charge is 0.220 e. The van der Waals surface area contributed by atoms with Crippen molar-refractivity contribution in [2.45, 2.75) is 269 Å². The number of carbonyl (C=O) groups excluding carboxylic acids is 1. The minimum absolute atomic E-state index is 0.203. The van der Waals surface area contributed by atoms with Gasteiger partial charge in [-0.1, -0.05) is 204 Å². The lowest BCUT2D eigenvalue weighted by atomic mass is 9.99. The summed E-state index contributed by atoms with van der Waals surface area (Å²) in [6.07, 6.45) is 49.0. The number of aliphatic hydroxyl groups excluding tert-OH is 5. The molecule has 0 saturated carbocycles. The van der Waals surface area contributed by atoms with Crippen molar-refractivity contribution in [1.29, 1.82) is 0 Å². The van der Waals surface area contributed by atoms with E-state index < -0.39 is 49.5 Å². The molecule has 9 nitrogen and oxygen atoms in total. The molecular weight excluding hydrogens is 779 g/mol. The highest BCUT2D eigenvalue weighted by Crippen LogP contribution is 2.23. The van der Waals surface area contributed by atoms with Crippen LogP contribution in [0.1, 0.15) is 226 Å². The Morgan fingerprint density at radius 1 is 0.532 bits per heavy atom. The third-order valence-corrected chi connectivity index (χ3v) is 12.1. The zero-order valence-electron chi connectivity index (χ0n) is 39.9. The van der Waals surface area contributed by atoms with Crippen molar-refractivity contribution in [1.82, 2.24) is 5.32 Å². The van der Waals surface area contributed by atoms with Crippen LogP contribution in [0.2, 0.25) is 0 Å². The molecule has 0 spiro atoms. The van der Waals surface area contributed by atoms with E-state index in [1.54, 1.807) is 6.08 Å². The van der Waals surface area contributed by atoms with Crippen LogP contribution in [0.4, 0.5) is 0 Å². The average molecular weight is 876 g/mol. The fourth-order valence-corrected chi connectivity index (χ4v) is 7.93. The van der Waals surface area contributed by atoms with Gasteiger partial charge in [0.2, 0.25) is 5.91 Å². The Bertz CT molecular complexity index is 1110. The minimum Gasteiger partial charge on any atom is -0.394 e. The fraction of sp³-hybridized carbons (Fsp3) is 0.830. The Hall–Kier alpha value is -1.85. The highest BCUT2D eigenvalue weighted by atomic mass is 16.7. The lowest BCUT2D eigenvalue weighted by molar-refractivity contribution is -0.302. The molecule has 1 rings (SSSR count). The molecule has 0 aromatic carbocycles. The van der Waals surface area contributed by atoms with Gasteiger partial charge in [0.05, 0.1) is 25.4 Å². The number of rotatable bonds is 43. The zero-order chi connectivity index (χ0) is 45.1. The highest BCUT2D eigenvalue weighted by molar-refractivity contribution is 5.76. The molecule has 1 fully saturated rings. The summed E-state index contributed by atoms with van der Waals surface area (Å²) in [7, 11) is 0. The summed E-state index contributed by atoms with van der Waals surface area (Å²) in [6.45, 7) is 3.71. The summed E-state index contributed by atoms with van der Waals surface area (Å²) in [5.41, 5.74) is 0. The molecule has 7 atom stereocenters. The molecule has 0 aliphatic carbocycles. The van der Waals surface area contributed by atoms with E-state index in [9.17, 15) is 30.3 Å². The van der Waals surface area contributed by atoms with E-state index in [4.69, 9.17) is 9.47 Å². The van der Waals surface area contributed by atoms with E-state index >= 15 is 0 Å². The second-order valence-corrected chi connectivity index (χ2v) is 17.9. The van der Waals surface area contributed by atoms with Gasteiger partial charge in [-0.15, -0.1) is 0 Å². The van der Waals surface area contributed by atoms with Crippen LogP contribution in [0.3, 0.4) is 0 Å². The van der Waals surface area contributed by atoms with Crippen LogP contribution in [0.25, 0.3) is 0 Å². The topological polar surface area (TPSA) is 149 Å². The largest absolute Gasteiger partial charge is 0.394 e.